The third-order valence-electron chi connectivity index (χ3n) is 7.39. The van der Waals surface area contributed by atoms with Crippen molar-refractivity contribution in [1.29, 1.82) is 0 Å². The maximum absolute atomic E-state index is 15.1. The Hall–Kier alpha value is -0.110. The summed E-state index contributed by atoms with van der Waals surface area (Å²) in [6, 6.07) is 0. The minimum atomic E-state index is -1.00. The van der Waals surface area contributed by atoms with E-state index >= 15 is 4.39 Å². The minimum Gasteiger partial charge on any atom is -0.372 e. The highest BCUT2D eigenvalue weighted by atomic mass is 19.1. The van der Waals surface area contributed by atoms with Gasteiger partial charge in [-0.2, -0.15) is 0 Å². The van der Waals surface area contributed by atoms with Gasteiger partial charge in [-0.15, -0.1) is 0 Å². The number of rotatable bonds is 4. The van der Waals surface area contributed by atoms with Crippen molar-refractivity contribution in [3.05, 3.63) is 0 Å². The monoisotopic (exact) mass is 296 g/mol. The van der Waals surface area contributed by atoms with Gasteiger partial charge in [0.2, 0.25) is 0 Å². The first-order valence-corrected chi connectivity index (χ1v) is 9.11. The molecule has 0 aromatic heterocycles. The summed E-state index contributed by atoms with van der Waals surface area (Å²) in [5, 5.41) is 0. The molecule has 1 nitrogen and oxygen atoms in total. The molecule has 2 bridgehead atoms. The Labute approximate surface area is 130 Å². The second-order valence-corrected chi connectivity index (χ2v) is 8.92. The van der Waals surface area contributed by atoms with Gasteiger partial charge >= 0.3 is 0 Å². The Morgan fingerprint density at radius 3 is 2.29 bits per heavy atom. The third-order valence-corrected chi connectivity index (χ3v) is 7.39. The molecule has 3 aliphatic carbocycles. The fourth-order valence-electron chi connectivity index (χ4n) is 6.01. The summed E-state index contributed by atoms with van der Waals surface area (Å²) >= 11 is 0. The molecule has 21 heavy (non-hydrogen) atoms. The van der Waals surface area contributed by atoms with Crippen molar-refractivity contribution in [3.63, 3.8) is 0 Å². The number of alkyl halides is 1. The summed E-state index contributed by atoms with van der Waals surface area (Å²) < 4.78 is 21.8. The molecule has 3 rings (SSSR count). The van der Waals surface area contributed by atoms with E-state index in [1.807, 2.05) is 6.92 Å². The molecular weight excluding hydrogens is 263 g/mol. The number of halogens is 1. The molecule has 0 radical (unpaired) electrons. The van der Waals surface area contributed by atoms with Crippen molar-refractivity contribution >= 4 is 0 Å². The van der Waals surface area contributed by atoms with Crippen molar-refractivity contribution in [2.75, 3.05) is 0 Å². The molecule has 0 aliphatic heterocycles. The van der Waals surface area contributed by atoms with Gasteiger partial charge in [-0.25, -0.2) is 4.39 Å². The summed E-state index contributed by atoms with van der Waals surface area (Å²) in [7, 11) is 0. The topological polar surface area (TPSA) is 9.23 Å². The van der Waals surface area contributed by atoms with Crippen LogP contribution < -0.4 is 0 Å². The average Bonchev–Trinajstić information content (AvgIpc) is 2.94. The van der Waals surface area contributed by atoms with Gasteiger partial charge in [0.1, 0.15) is 5.67 Å². The van der Waals surface area contributed by atoms with Gasteiger partial charge in [-0.05, 0) is 62.2 Å². The second kappa shape index (κ2) is 4.94. The normalized spacial score (nSPS) is 51.7. The molecular formula is C19H33FO. The fourth-order valence-corrected chi connectivity index (χ4v) is 6.01. The first kappa shape index (κ1) is 15.8. The summed E-state index contributed by atoms with van der Waals surface area (Å²) in [6.07, 6.45) is 7.33. The molecule has 122 valence electrons. The van der Waals surface area contributed by atoms with Gasteiger partial charge in [0.05, 0.1) is 11.7 Å². The number of hydrogen-bond donors (Lipinski definition) is 0. The molecule has 0 amide bonds. The largest absolute Gasteiger partial charge is 0.372 e. The van der Waals surface area contributed by atoms with Gasteiger partial charge in [0.25, 0.3) is 0 Å². The van der Waals surface area contributed by atoms with E-state index in [4.69, 9.17) is 4.74 Å². The predicted octanol–water partition coefficient (Wildman–Crippen LogP) is 5.52. The van der Waals surface area contributed by atoms with E-state index in [0.29, 0.717) is 30.3 Å². The highest BCUT2D eigenvalue weighted by Crippen LogP contribution is 2.60. The van der Waals surface area contributed by atoms with Crippen LogP contribution in [-0.2, 0) is 4.74 Å². The van der Waals surface area contributed by atoms with Crippen molar-refractivity contribution in [3.8, 4) is 0 Å². The smallest absolute Gasteiger partial charge is 0.116 e. The molecule has 3 aliphatic rings. The van der Waals surface area contributed by atoms with E-state index in [2.05, 4.69) is 27.7 Å². The van der Waals surface area contributed by atoms with E-state index < -0.39 is 5.67 Å². The molecule has 3 fully saturated rings. The summed E-state index contributed by atoms with van der Waals surface area (Å²) in [5.74, 6) is 1.69. The average molecular weight is 296 g/mol. The molecule has 2 heteroatoms. The molecule has 0 heterocycles. The molecule has 3 saturated carbocycles. The van der Waals surface area contributed by atoms with Crippen LogP contribution in [0, 0.1) is 23.2 Å². The Balaban J connectivity index is 1.71. The first-order chi connectivity index (χ1) is 9.74. The van der Waals surface area contributed by atoms with E-state index in [9.17, 15) is 0 Å². The Kier molecular flexibility index (Phi) is 3.71. The molecule has 0 spiro atoms. The van der Waals surface area contributed by atoms with Gasteiger partial charge < -0.3 is 4.74 Å². The van der Waals surface area contributed by atoms with Crippen molar-refractivity contribution in [2.45, 2.75) is 96.9 Å². The SMILES string of the molecule is CCC1CC(C)(OC2CC3CCC2C3(C)C)CC1(F)CC. The number of fused-ring (bicyclic) bond motifs is 2. The first-order valence-electron chi connectivity index (χ1n) is 9.11. The fraction of sp³-hybridized carbons (Fsp3) is 1.00. The summed E-state index contributed by atoms with van der Waals surface area (Å²) in [6.45, 7) is 11.1. The second-order valence-electron chi connectivity index (χ2n) is 8.92. The number of ether oxygens (including phenoxy) is 1. The van der Waals surface area contributed by atoms with Crippen LogP contribution in [0.3, 0.4) is 0 Å². The molecule has 6 unspecified atom stereocenters. The lowest BCUT2D eigenvalue weighted by Gasteiger charge is -2.35. The molecule has 0 saturated heterocycles. The van der Waals surface area contributed by atoms with Crippen molar-refractivity contribution < 1.29 is 9.13 Å². The third kappa shape index (κ3) is 2.36. The summed E-state index contributed by atoms with van der Waals surface area (Å²) in [5.41, 5.74) is -0.811. The van der Waals surface area contributed by atoms with Gasteiger partial charge in [0.15, 0.2) is 0 Å². The van der Waals surface area contributed by atoms with Crippen molar-refractivity contribution in [2.24, 2.45) is 23.2 Å². The molecule has 0 aromatic rings. The highest BCUT2D eigenvalue weighted by molar-refractivity contribution is 5.07. The zero-order chi connectivity index (χ0) is 15.5. The van der Waals surface area contributed by atoms with Crippen LogP contribution in [0.25, 0.3) is 0 Å². The van der Waals surface area contributed by atoms with Gasteiger partial charge in [-0.3, -0.25) is 0 Å². The minimum absolute atomic E-state index is 0.180. The lowest BCUT2D eigenvalue weighted by Crippen LogP contribution is -2.36. The quantitative estimate of drug-likeness (QED) is 0.663. The van der Waals surface area contributed by atoms with Gasteiger partial charge in [0, 0.05) is 6.42 Å². The Bertz CT molecular complexity index is 406. The van der Waals surface area contributed by atoms with Crippen LogP contribution in [0.2, 0.25) is 0 Å². The zero-order valence-electron chi connectivity index (χ0n) is 14.5. The maximum atomic E-state index is 15.1. The predicted molar refractivity (Wildman–Crippen MR) is 85.0 cm³/mol. The lowest BCUT2D eigenvalue weighted by molar-refractivity contribution is -0.110. The van der Waals surface area contributed by atoms with Crippen LogP contribution in [-0.4, -0.2) is 17.4 Å². The van der Waals surface area contributed by atoms with Crippen LogP contribution in [0.5, 0.6) is 0 Å². The Morgan fingerprint density at radius 2 is 1.86 bits per heavy atom. The van der Waals surface area contributed by atoms with Crippen LogP contribution in [0.15, 0.2) is 0 Å². The van der Waals surface area contributed by atoms with Crippen LogP contribution in [0.1, 0.15) is 79.6 Å². The summed E-state index contributed by atoms with van der Waals surface area (Å²) in [4.78, 5) is 0. The van der Waals surface area contributed by atoms with Crippen molar-refractivity contribution in [1.82, 2.24) is 0 Å². The highest BCUT2D eigenvalue weighted by Gasteiger charge is 2.58. The molecule has 0 N–H and O–H groups in total. The van der Waals surface area contributed by atoms with Crippen LogP contribution >= 0.6 is 0 Å². The molecule has 0 aromatic carbocycles. The lowest BCUT2D eigenvalue weighted by atomic mass is 9.82. The Morgan fingerprint density at radius 1 is 1.14 bits per heavy atom. The van der Waals surface area contributed by atoms with Gasteiger partial charge in [-0.1, -0.05) is 34.1 Å². The molecule has 6 atom stereocenters. The maximum Gasteiger partial charge on any atom is 0.116 e. The number of hydrogen-bond acceptors (Lipinski definition) is 1. The van der Waals surface area contributed by atoms with Crippen LogP contribution in [0.4, 0.5) is 4.39 Å². The van der Waals surface area contributed by atoms with E-state index in [1.165, 1.54) is 19.3 Å². The zero-order valence-corrected chi connectivity index (χ0v) is 14.5. The van der Waals surface area contributed by atoms with E-state index in [0.717, 1.165) is 18.8 Å². The van der Waals surface area contributed by atoms with E-state index in [-0.39, 0.29) is 11.5 Å². The standard InChI is InChI=1S/C19H33FO/c1-6-13-11-18(5,12-19(13,20)7-2)21-16-10-14-8-9-15(16)17(14,3)4/h13-16H,6-12H2,1-5H3. The van der Waals surface area contributed by atoms with E-state index in [1.54, 1.807) is 0 Å².